The van der Waals surface area contributed by atoms with Crippen molar-refractivity contribution in [1.29, 1.82) is 0 Å². The third-order valence-corrected chi connectivity index (χ3v) is 3.15. The fourth-order valence-corrected chi connectivity index (χ4v) is 1.87. The SMILES string of the molecule is Cc1ccccc1/C=C/C(=O)NCc1ccnc(N(C)C)n1. The zero-order valence-electron chi connectivity index (χ0n) is 13.1. The summed E-state index contributed by atoms with van der Waals surface area (Å²) in [5.41, 5.74) is 2.95. The first-order chi connectivity index (χ1) is 10.6. The van der Waals surface area contributed by atoms with Gasteiger partial charge in [0.25, 0.3) is 0 Å². The van der Waals surface area contributed by atoms with E-state index in [1.54, 1.807) is 12.3 Å². The van der Waals surface area contributed by atoms with Crippen LogP contribution in [0.15, 0.2) is 42.6 Å². The highest BCUT2D eigenvalue weighted by atomic mass is 16.1. The number of rotatable bonds is 5. The molecular weight excluding hydrogens is 276 g/mol. The first kappa shape index (κ1) is 15.7. The van der Waals surface area contributed by atoms with E-state index in [9.17, 15) is 4.79 Å². The van der Waals surface area contributed by atoms with Crippen molar-refractivity contribution in [3.05, 3.63) is 59.4 Å². The lowest BCUT2D eigenvalue weighted by Crippen LogP contribution is -2.22. The topological polar surface area (TPSA) is 58.1 Å². The van der Waals surface area contributed by atoms with E-state index in [-0.39, 0.29) is 5.91 Å². The lowest BCUT2D eigenvalue weighted by atomic mass is 10.1. The van der Waals surface area contributed by atoms with Crippen molar-refractivity contribution in [2.24, 2.45) is 0 Å². The summed E-state index contributed by atoms with van der Waals surface area (Å²) in [7, 11) is 3.76. The van der Waals surface area contributed by atoms with Crippen molar-refractivity contribution in [3.63, 3.8) is 0 Å². The van der Waals surface area contributed by atoms with E-state index < -0.39 is 0 Å². The molecule has 0 aliphatic carbocycles. The van der Waals surface area contributed by atoms with Crippen LogP contribution in [0.4, 0.5) is 5.95 Å². The highest BCUT2D eigenvalue weighted by Gasteiger charge is 2.02. The van der Waals surface area contributed by atoms with Gasteiger partial charge in [-0.15, -0.1) is 0 Å². The minimum Gasteiger partial charge on any atom is -0.347 e. The van der Waals surface area contributed by atoms with Gasteiger partial charge in [0.05, 0.1) is 12.2 Å². The summed E-state index contributed by atoms with van der Waals surface area (Å²) >= 11 is 0. The summed E-state index contributed by atoms with van der Waals surface area (Å²) < 4.78 is 0. The number of nitrogens with one attached hydrogen (secondary N) is 1. The fourth-order valence-electron chi connectivity index (χ4n) is 1.87. The average Bonchev–Trinajstić information content (AvgIpc) is 2.52. The van der Waals surface area contributed by atoms with Crippen LogP contribution in [0.5, 0.6) is 0 Å². The summed E-state index contributed by atoms with van der Waals surface area (Å²) in [6, 6.07) is 9.71. The maximum Gasteiger partial charge on any atom is 0.244 e. The molecule has 0 bridgehead atoms. The molecule has 0 fully saturated rings. The quantitative estimate of drug-likeness (QED) is 0.859. The van der Waals surface area contributed by atoms with Crippen LogP contribution in [0.1, 0.15) is 16.8 Å². The van der Waals surface area contributed by atoms with E-state index in [0.29, 0.717) is 12.5 Å². The standard InChI is InChI=1S/C17H20N4O/c1-13-6-4-5-7-14(13)8-9-16(22)19-12-15-10-11-18-17(20-15)21(2)3/h4-11H,12H2,1-3H3,(H,19,22)/b9-8+. The molecule has 1 amide bonds. The number of anilines is 1. The minimum atomic E-state index is -0.145. The van der Waals surface area contributed by atoms with Crippen LogP contribution in [0.3, 0.4) is 0 Å². The van der Waals surface area contributed by atoms with Gasteiger partial charge in [-0.1, -0.05) is 24.3 Å². The normalized spacial score (nSPS) is 10.7. The molecule has 0 aliphatic rings. The van der Waals surface area contributed by atoms with Gasteiger partial charge in [0.1, 0.15) is 0 Å². The maximum atomic E-state index is 11.9. The third kappa shape index (κ3) is 4.41. The van der Waals surface area contributed by atoms with Crippen molar-refractivity contribution in [2.45, 2.75) is 13.5 Å². The monoisotopic (exact) mass is 296 g/mol. The van der Waals surface area contributed by atoms with E-state index in [2.05, 4.69) is 15.3 Å². The van der Waals surface area contributed by atoms with Crippen molar-refractivity contribution in [1.82, 2.24) is 15.3 Å². The summed E-state index contributed by atoms with van der Waals surface area (Å²) in [5.74, 6) is 0.482. The zero-order valence-corrected chi connectivity index (χ0v) is 13.1. The number of hydrogen-bond acceptors (Lipinski definition) is 4. The number of nitrogens with zero attached hydrogens (tertiary/aromatic N) is 3. The molecule has 1 heterocycles. The molecule has 114 valence electrons. The summed E-state index contributed by atoms with van der Waals surface area (Å²) in [6.07, 6.45) is 5.04. The molecule has 0 aliphatic heterocycles. The van der Waals surface area contributed by atoms with E-state index in [1.807, 2.05) is 56.3 Å². The number of amides is 1. The van der Waals surface area contributed by atoms with Gasteiger partial charge in [0.15, 0.2) is 0 Å². The molecule has 1 aromatic heterocycles. The van der Waals surface area contributed by atoms with Gasteiger partial charge in [-0.2, -0.15) is 0 Å². The molecule has 0 saturated carbocycles. The van der Waals surface area contributed by atoms with Crippen molar-refractivity contribution in [2.75, 3.05) is 19.0 Å². The van der Waals surface area contributed by atoms with Crippen LogP contribution in [0.2, 0.25) is 0 Å². The molecule has 0 spiro atoms. The van der Waals surface area contributed by atoms with E-state index in [0.717, 1.165) is 16.8 Å². The van der Waals surface area contributed by atoms with Crippen molar-refractivity contribution >= 4 is 17.9 Å². The molecule has 1 aromatic carbocycles. The Morgan fingerprint density at radius 2 is 2.05 bits per heavy atom. The Balaban J connectivity index is 1.93. The smallest absolute Gasteiger partial charge is 0.244 e. The van der Waals surface area contributed by atoms with Gasteiger partial charge in [0, 0.05) is 26.4 Å². The van der Waals surface area contributed by atoms with Crippen LogP contribution in [-0.4, -0.2) is 30.0 Å². The van der Waals surface area contributed by atoms with Gasteiger partial charge in [-0.05, 0) is 30.2 Å². The first-order valence-electron chi connectivity index (χ1n) is 7.07. The second kappa shape index (κ2) is 7.36. The second-order valence-electron chi connectivity index (χ2n) is 5.15. The molecule has 5 nitrogen and oxygen atoms in total. The van der Waals surface area contributed by atoms with Gasteiger partial charge in [-0.3, -0.25) is 4.79 Å². The second-order valence-corrected chi connectivity index (χ2v) is 5.15. The first-order valence-corrected chi connectivity index (χ1v) is 7.07. The molecular formula is C17H20N4O. The average molecular weight is 296 g/mol. The molecule has 0 unspecified atom stereocenters. The lowest BCUT2D eigenvalue weighted by Gasteiger charge is -2.10. The predicted octanol–water partition coefficient (Wildman–Crippen LogP) is 2.18. The lowest BCUT2D eigenvalue weighted by molar-refractivity contribution is -0.116. The van der Waals surface area contributed by atoms with E-state index >= 15 is 0 Å². The Bertz CT molecular complexity index is 680. The van der Waals surface area contributed by atoms with Crippen LogP contribution in [0, 0.1) is 6.92 Å². The minimum absolute atomic E-state index is 0.145. The largest absolute Gasteiger partial charge is 0.347 e. The van der Waals surface area contributed by atoms with E-state index in [4.69, 9.17) is 0 Å². The Labute approximate surface area is 130 Å². The van der Waals surface area contributed by atoms with Gasteiger partial charge in [-0.25, -0.2) is 9.97 Å². The summed E-state index contributed by atoms with van der Waals surface area (Å²) in [6.45, 7) is 2.39. The van der Waals surface area contributed by atoms with Crippen LogP contribution >= 0.6 is 0 Å². The van der Waals surface area contributed by atoms with Gasteiger partial charge in [0.2, 0.25) is 11.9 Å². The highest BCUT2D eigenvalue weighted by Crippen LogP contribution is 2.08. The van der Waals surface area contributed by atoms with Crippen molar-refractivity contribution < 1.29 is 4.79 Å². The number of carbonyl (C=O) groups excluding carboxylic acids is 1. The van der Waals surface area contributed by atoms with Crippen LogP contribution in [0.25, 0.3) is 6.08 Å². The Kier molecular flexibility index (Phi) is 5.25. The van der Waals surface area contributed by atoms with Gasteiger partial charge >= 0.3 is 0 Å². The van der Waals surface area contributed by atoms with Crippen LogP contribution in [-0.2, 0) is 11.3 Å². The van der Waals surface area contributed by atoms with E-state index in [1.165, 1.54) is 6.08 Å². The molecule has 0 atom stereocenters. The molecule has 22 heavy (non-hydrogen) atoms. The summed E-state index contributed by atoms with van der Waals surface area (Å²) in [4.78, 5) is 22.2. The number of aromatic nitrogens is 2. The molecule has 0 radical (unpaired) electrons. The Hall–Kier alpha value is -2.69. The predicted molar refractivity (Wildman–Crippen MR) is 88.4 cm³/mol. The molecule has 0 saturated heterocycles. The Morgan fingerprint density at radius 3 is 2.77 bits per heavy atom. The Morgan fingerprint density at radius 1 is 1.27 bits per heavy atom. The third-order valence-electron chi connectivity index (χ3n) is 3.15. The van der Waals surface area contributed by atoms with Gasteiger partial charge < -0.3 is 10.2 Å². The molecule has 5 heteroatoms. The van der Waals surface area contributed by atoms with Crippen LogP contribution < -0.4 is 10.2 Å². The van der Waals surface area contributed by atoms with Crippen molar-refractivity contribution in [3.8, 4) is 0 Å². The number of aryl methyl sites for hydroxylation is 1. The number of hydrogen-bond donors (Lipinski definition) is 1. The maximum absolute atomic E-state index is 11.9. The number of benzene rings is 1. The summed E-state index contributed by atoms with van der Waals surface area (Å²) in [5, 5.41) is 2.82. The molecule has 2 rings (SSSR count). The number of carbonyl (C=O) groups is 1. The fraction of sp³-hybridized carbons (Fsp3) is 0.235. The zero-order chi connectivity index (χ0) is 15.9. The highest BCUT2D eigenvalue weighted by molar-refractivity contribution is 5.91. The molecule has 2 aromatic rings. The molecule has 1 N–H and O–H groups in total.